The van der Waals surface area contributed by atoms with E-state index >= 15 is 0 Å². The molecule has 0 amide bonds. The SMILES string of the molecule is Cc1cccc(-n2nnn(C)c2=O)c1COc1nccs1. The van der Waals surface area contributed by atoms with Crippen molar-refractivity contribution in [2.45, 2.75) is 13.5 Å². The van der Waals surface area contributed by atoms with Gasteiger partial charge in [-0.1, -0.05) is 23.5 Å². The third kappa shape index (κ3) is 2.57. The van der Waals surface area contributed by atoms with E-state index in [9.17, 15) is 4.79 Å². The summed E-state index contributed by atoms with van der Waals surface area (Å²) in [4.78, 5) is 16.1. The van der Waals surface area contributed by atoms with E-state index in [4.69, 9.17) is 4.74 Å². The molecular formula is C13H13N5O2S. The molecule has 2 heterocycles. The lowest BCUT2D eigenvalue weighted by molar-refractivity contribution is 0.303. The Balaban J connectivity index is 1.99. The highest BCUT2D eigenvalue weighted by molar-refractivity contribution is 7.11. The molecule has 8 heteroatoms. The third-order valence-corrected chi connectivity index (χ3v) is 3.77. The zero-order valence-electron chi connectivity index (χ0n) is 11.6. The Labute approximate surface area is 124 Å². The summed E-state index contributed by atoms with van der Waals surface area (Å²) in [6.45, 7) is 2.28. The summed E-state index contributed by atoms with van der Waals surface area (Å²) in [5, 5.41) is 10.1. The van der Waals surface area contributed by atoms with Gasteiger partial charge in [0.1, 0.15) is 6.61 Å². The number of aromatic nitrogens is 5. The third-order valence-electron chi connectivity index (χ3n) is 3.08. The average Bonchev–Trinajstić information content (AvgIpc) is 3.09. The van der Waals surface area contributed by atoms with Crippen LogP contribution in [0.2, 0.25) is 0 Å². The fourth-order valence-corrected chi connectivity index (χ4v) is 2.44. The van der Waals surface area contributed by atoms with Crippen molar-refractivity contribution < 1.29 is 4.74 Å². The van der Waals surface area contributed by atoms with Crippen molar-refractivity contribution in [1.82, 2.24) is 24.8 Å². The van der Waals surface area contributed by atoms with Crippen molar-refractivity contribution in [3.05, 3.63) is 51.4 Å². The maximum absolute atomic E-state index is 12.0. The van der Waals surface area contributed by atoms with Crippen LogP contribution in [0.15, 0.2) is 34.6 Å². The van der Waals surface area contributed by atoms with Gasteiger partial charge in [-0.3, -0.25) is 0 Å². The van der Waals surface area contributed by atoms with Gasteiger partial charge in [0.2, 0.25) is 0 Å². The average molecular weight is 303 g/mol. The van der Waals surface area contributed by atoms with Crippen LogP contribution in [0.1, 0.15) is 11.1 Å². The number of ether oxygens (including phenoxy) is 1. The second-order valence-electron chi connectivity index (χ2n) is 4.46. The normalized spacial score (nSPS) is 10.8. The Kier molecular flexibility index (Phi) is 3.53. The summed E-state index contributed by atoms with van der Waals surface area (Å²) in [6, 6.07) is 5.66. The molecule has 0 aliphatic rings. The van der Waals surface area contributed by atoms with Gasteiger partial charge in [-0.25, -0.2) is 9.78 Å². The molecule has 108 valence electrons. The fraction of sp³-hybridized carbons (Fsp3) is 0.231. The molecule has 0 radical (unpaired) electrons. The molecular weight excluding hydrogens is 290 g/mol. The highest BCUT2D eigenvalue weighted by Gasteiger charge is 2.13. The number of thiazole rings is 1. The minimum atomic E-state index is -0.295. The Hall–Kier alpha value is -2.48. The highest BCUT2D eigenvalue weighted by atomic mass is 32.1. The lowest BCUT2D eigenvalue weighted by Gasteiger charge is -2.11. The first-order valence-electron chi connectivity index (χ1n) is 6.27. The number of tetrazole rings is 1. The number of nitrogens with zero attached hydrogens (tertiary/aromatic N) is 5. The molecule has 0 bridgehead atoms. The Morgan fingerprint density at radius 1 is 1.33 bits per heavy atom. The minimum absolute atomic E-state index is 0.295. The lowest BCUT2D eigenvalue weighted by Crippen LogP contribution is -2.23. The summed E-state index contributed by atoms with van der Waals surface area (Å²) >= 11 is 1.42. The first-order valence-corrected chi connectivity index (χ1v) is 7.15. The quantitative estimate of drug-likeness (QED) is 0.726. The maximum Gasteiger partial charge on any atom is 0.368 e. The van der Waals surface area contributed by atoms with E-state index in [0.717, 1.165) is 11.1 Å². The van der Waals surface area contributed by atoms with E-state index < -0.39 is 0 Å². The Morgan fingerprint density at radius 3 is 2.86 bits per heavy atom. The molecule has 0 spiro atoms. The standard InChI is InChI=1S/C13H13N5O2S/c1-9-4-3-5-11(18-13(19)17(2)15-16-18)10(9)8-20-12-14-6-7-21-12/h3-7H,8H2,1-2H3. The molecule has 0 fully saturated rings. The van der Waals surface area contributed by atoms with Crippen molar-refractivity contribution in [3.8, 4) is 10.9 Å². The second kappa shape index (κ2) is 5.49. The molecule has 21 heavy (non-hydrogen) atoms. The number of aryl methyl sites for hydroxylation is 2. The lowest BCUT2D eigenvalue weighted by atomic mass is 10.1. The van der Waals surface area contributed by atoms with Crippen LogP contribution < -0.4 is 10.4 Å². The zero-order valence-corrected chi connectivity index (χ0v) is 12.4. The molecule has 1 aromatic carbocycles. The van der Waals surface area contributed by atoms with Crippen LogP contribution >= 0.6 is 11.3 Å². The van der Waals surface area contributed by atoms with Crippen LogP contribution in [-0.4, -0.2) is 24.8 Å². The van der Waals surface area contributed by atoms with Gasteiger partial charge in [-0.05, 0) is 29.0 Å². The number of benzene rings is 1. The molecule has 7 nitrogen and oxygen atoms in total. The molecule has 2 aromatic heterocycles. The molecule has 3 aromatic rings. The van der Waals surface area contributed by atoms with Gasteiger partial charge in [-0.15, -0.1) is 0 Å². The summed E-state index contributed by atoms with van der Waals surface area (Å²) in [6.07, 6.45) is 1.69. The molecule has 0 atom stereocenters. The van der Waals surface area contributed by atoms with Gasteiger partial charge in [-0.2, -0.15) is 9.36 Å². The smallest absolute Gasteiger partial charge is 0.368 e. The Bertz CT molecular complexity index is 806. The summed E-state index contributed by atoms with van der Waals surface area (Å²) in [5.74, 6) is 0. The van der Waals surface area contributed by atoms with Crippen molar-refractivity contribution in [2.24, 2.45) is 7.05 Å². The van der Waals surface area contributed by atoms with Gasteiger partial charge in [0.05, 0.1) is 5.69 Å². The second-order valence-corrected chi connectivity index (χ2v) is 5.31. The van der Waals surface area contributed by atoms with Crippen molar-refractivity contribution >= 4 is 11.3 Å². The van der Waals surface area contributed by atoms with Crippen molar-refractivity contribution in [3.63, 3.8) is 0 Å². The minimum Gasteiger partial charge on any atom is -0.465 e. The van der Waals surface area contributed by atoms with Crippen molar-refractivity contribution in [2.75, 3.05) is 0 Å². The number of rotatable bonds is 4. The predicted molar refractivity (Wildman–Crippen MR) is 77.8 cm³/mol. The van der Waals surface area contributed by atoms with Crippen LogP contribution in [0.25, 0.3) is 5.69 Å². The first-order chi connectivity index (χ1) is 10.2. The molecule has 0 unspecified atom stereocenters. The van der Waals surface area contributed by atoms with Crippen LogP contribution in [0, 0.1) is 6.92 Å². The van der Waals surface area contributed by atoms with E-state index in [1.807, 2.05) is 30.5 Å². The van der Waals surface area contributed by atoms with E-state index in [2.05, 4.69) is 15.4 Å². The molecule has 0 N–H and O–H groups in total. The molecule has 0 aliphatic heterocycles. The van der Waals surface area contributed by atoms with Gasteiger partial charge in [0.15, 0.2) is 0 Å². The van der Waals surface area contributed by atoms with Crippen LogP contribution in [0.3, 0.4) is 0 Å². The van der Waals surface area contributed by atoms with Gasteiger partial charge in [0.25, 0.3) is 5.19 Å². The largest absolute Gasteiger partial charge is 0.465 e. The summed E-state index contributed by atoms with van der Waals surface area (Å²) < 4.78 is 8.12. The number of hydrogen-bond acceptors (Lipinski definition) is 6. The van der Waals surface area contributed by atoms with Gasteiger partial charge in [0, 0.05) is 24.2 Å². The van der Waals surface area contributed by atoms with Crippen molar-refractivity contribution in [1.29, 1.82) is 0 Å². The summed E-state index contributed by atoms with van der Waals surface area (Å²) in [5.41, 5.74) is 2.28. The molecule has 0 saturated heterocycles. The molecule has 3 rings (SSSR count). The molecule has 0 saturated carbocycles. The Morgan fingerprint density at radius 2 is 2.19 bits per heavy atom. The topological polar surface area (TPSA) is 74.8 Å². The van der Waals surface area contributed by atoms with Crippen LogP contribution in [0.5, 0.6) is 5.19 Å². The highest BCUT2D eigenvalue weighted by Crippen LogP contribution is 2.21. The van der Waals surface area contributed by atoms with Crippen LogP contribution in [0.4, 0.5) is 0 Å². The van der Waals surface area contributed by atoms with E-state index in [1.54, 1.807) is 13.2 Å². The van der Waals surface area contributed by atoms with Gasteiger partial charge < -0.3 is 4.74 Å². The maximum atomic E-state index is 12.0. The first kappa shape index (κ1) is 13.5. The van der Waals surface area contributed by atoms with Crippen LogP contribution in [-0.2, 0) is 13.7 Å². The fourth-order valence-electron chi connectivity index (χ4n) is 1.95. The van der Waals surface area contributed by atoms with E-state index in [0.29, 0.717) is 17.5 Å². The summed E-state index contributed by atoms with van der Waals surface area (Å²) in [7, 11) is 1.56. The number of hydrogen-bond donors (Lipinski definition) is 0. The van der Waals surface area contributed by atoms with E-state index in [1.165, 1.54) is 20.7 Å². The van der Waals surface area contributed by atoms with Gasteiger partial charge >= 0.3 is 5.69 Å². The molecule has 0 aliphatic carbocycles. The predicted octanol–water partition coefficient (Wildman–Crippen LogP) is 1.31. The van der Waals surface area contributed by atoms with E-state index in [-0.39, 0.29) is 5.69 Å². The zero-order chi connectivity index (χ0) is 14.8. The monoisotopic (exact) mass is 303 g/mol.